The van der Waals surface area contributed by atoms with Crippen LogP contribution in [0.25, 0.3) is 291 Å². The molecule has 0 saturated carbocycles. The Balaban J connectivity index is 1.14. The van der Waals surface area contributed by atoms with E-state index >= 15 is 13.2 Å². The van der Waals surface area contributed by atoms with Gasteiger partial charge in [0.05, 0.1) is 5.41 Å². The first-order valence-electron chi connectivity index (χ1n) is 27.0. The molecule has 0 saturated heterocycles. The Bertz CT molecular complexity index is 7400. The summed E-state index contributed by atoms with van der Waals surface area (Å²) in [5.74, 6) is 0. The monoisotopic (exact) mass is 919 g/mol. The van der Waals surface area contributed by atoms with E-state index in [9.17, 15) is 0 Å². The zero-order valence-electron chi connectivity index (χ0n) is 37.3. The minimum atomic E-state index is -4.66. The minimum absolute atomic E-state index is 0.444. The fraction of sp³-hybridized carbons (Fsp3) is 0.0714. The highest BCUT2D eigenvalue weighted by Gasteiger charge is 2.77. The topological polar surface area (TPSA) is 12.4 Å². The summed E-state index contributed by atoms with van der Waals surface area (Å²) >= 11 is 0. The van der Waals surface area contributed by atoms with Gasteiger partial charge in [0.1, 0.15) is 0 Å². The molecule has 314 valence electrons. The van der Waals surface area contributed by atoms with Crippen molar-refractivity contribution in [3.8, 4) is 0 Å². The summed E-state index contributed by atoms with van der Waals surface area (Å²) < 4.78 is 54.4. The molecule has 0 bridgehead atoms. The van der Waals surface area contributed by atoms with Crippen LogP contribution in [0.2, 0.25) is 0 Å². The largest absolute Gasteiger partial charge is 0.412 e. The molecular weight excluding hydrogens is 912 g/mol. The van der Waals surface area contributed by atoms with Crippen LogP contribution in [0, 0.1) is 0 Å². The summed E-state index contributed by atoms with van der Waals surface area (Å²) in [4.78, 5) is 5.44. The highest BCUT2D eigenvalue weighted by Crippen LogP contribution is 2.86. The number of rotatable bonds is 1. The van der Waals surface area contributed by atoms with Crippen LogP contribution in [-0.4, -0.2) is 17.9 Å². The molecule has 1 aliphatic heterocycles. The van der Waals surface area contributed by atoms with Crippen molar-refractivity contribution in [2.45, 2.75) is 29.5 Å². The van der Waals surface area contributed by atoms with E-state index in [2.05, 4.69) is 0 Å². The molecular formula is C70H8F3N. The van der Waals surface area contributed by atoms with Crippen molar-refractivity contribution in [2.75, 3.05) is 0 Å². The van der Waals surface area contributed by atoms with Crippen LogP contribution in [0.15, 0.2) is 35.3 Å². The summed E-state index contributed by atoms with van der Waals surface area (Å²) in [7, 11) is 0. The number of aliphatic imine (C=N–C) groups is 1. The molecule has 1 nitrogen and oxygen atoms in total. The Morgan fingerprint density at radius 2 is 0.486 bits per heavy atom. The molecule has 0 aromatic heterocycles. The van der Waals surface area contributed by atoms with Gasteiger partial charge in [-0.3, -0.25) is 4.99 Å². The maximum atomic E-state index is 18.1. The van der Waals surface area contributed by atoms with E-state index in [1.54, 1.807) is 5.39 Å². The van der Waals surface area contributed by atoms with Crippen molar-refractivity contribution in [2.24, 2.45) is 4.99 Å². The average molecular weight is 920 g/mol. The minimum Gasteiger partial charge on any atom is -0.275 e. The zero-order valence-corrected chi connectivity index (χ0v) is 37.3. The van der Waals surface area contributed by atoms with E-state index in [0.29, 0.717) is 12.1 Å². The molecule has 0 amide bonds. The zero-order chi connectivity index (χ0) is 44.7. The smallest absolute Gasteiger partial charge is 0.275 e. The SMILES string of the molecule is FC(F)(F)C1N=C(c2ccccc2)CC23c4c5c6c7c8c9c(c%10c%11c2c2c4c4c%12c5c5c6c6c8c8c%13c9c9c%10c%10c%11c%11c2c2c4c4c%12c%12c5c5c6c8c6c8c%13c9c9c%10c%10c%11c2c2c4c4c%12c5c6c5c8c9c%10c2c45)C713. The first-order chi connectivity index (χ1) is 36.5. The van der Waals surface area contributed by atoms with Gasteiger partial charge < -0.3 is 0 Å². The highest BCUT2D eigenvalue weighted by atomic mass is 19.4. The van der Waals surface area contributed by atoms with Crippen LogP contribution in [0.4, 0.5) is 13.2 Å². The molecule has 34 rings (SSSR count). The van der Waals surface area contributed by atoms with Gasteiger partial charge in [0.15, 0.2) is 6.04 Å². The molecule has 5 aliphatic rings. The Morgan fingerprint density at radius 3 is 0.703 bits per heavy atom. The molecule has 74 heavy (non-hydrogen) atoms. The number of hydrogen-bond acceptors (Lipinski definition) is 1. The van der Waals surface area contributed by atoms with Crippen LogP contribution in [0.5, 0.6) is 0 Å². The van der Waals surface area contributed by atoms with Gasteiger partial charge in [-0.2, -0.15) is 13.2 Å². The first kappa shape index (κ1) is 28.4. The van der Waals surface area contributed by atoms with Crippen LogP contribution in [0.3, 0.4) is 0 Å². The van der Waals surface area contributed by atoms with Gasteiger partial charge in [0.25, 0.3) is 0 Å². The van der Waals surface area contributed by atoms with Crippen molar-refractivity contribution in [3.05, 3.63) is 58.1 Å². The number of nitrogens with zero attached hydrogens (tertiary/aromatic N) is 1. The number of benzene rings is 19. The molecule has 2 spiro atoms. The summed E-state index contributed by atoms with van der Waals surface area (Å²) in [5.41, 5.74) is 3.41. The third-order valence-corrected chi connectivity index (χ3v) is 26.1. The van der Waals surface area contributed by atoms with E-state index in [0.717, 1.165) is 16.7 Å². The summed E-state index contributed by atoms with van der Waals surface area (Å²) in [6, 6.07) is 8.13. The van der Waals surface area contributed by atoms with Gasteiger partial charge in [0.2, 0.25) is 0 Å². The standard InChI is InChI=1S/C70H8F3N/c71-70(72,73)67-69-65-59-53-43-31-23-15-11-9-10-13-17(15)25(31)35-29-21(13)22-14(10)18-16-12(9)20-19(11)27-33(23)41-47-37(27)38-28(20)34-24(16)32-26(18)36-30(22)40-39(29)51(45(35)53)61(65)62-52(40)46(36)54-44(32)50-42(34)48(38)56-55(47)63(57(59)49(41)43)68(69,64(56)58(50)60(54)66(62)69)6-8(74-67)7-4-2-1-3-5-7/h1-5,67H,6H2. The molecule has 1 atom stereocenters. The second-order valence-corrected chi connectivity index (χ2v) is 26.5. The summed E-state index contributed by atoms with van der Waals surface area (Å²) in [6.45, 7) is 0. The Hall–Kier alpha value is -8.86. The van der Waals surface area contributed by atoms with Crippen molar-refractivity contribution in [1.82, 2.24) is 0 Å². The third kappa shape index (κ3) is 1.55. The first-order valence-corrected chi connectivity index (χ1v) is 27.0. The lowest BCUT2D eigenvalue weighted by Gasteiger charge is -2.59. The van der Waals surface area contributed by atoms with Crippen LogP contribution < -0.4 is 0 Å². The molecule has 1 heterocycles. The maximum absolute atomic E-state index is 18.1. The van der Waals surface area contributed by atoms with Gasteiger partial charge in [-0.15, -0.1) is 0 Å². The summed E-state index contributed by atoms with van der Waals surface area (Å²) in [5, 5.41) is 76.4. The molecule has 0 radical (unpaired) electrons. The van der Waals surface area contributed by atoms with E-state index in [1.807, 2.05) is 30.3 Å². The van der Waals surface area contributed by atoms with E-state index in [1.165, 1.54) is 297 Å². The van der Waals surface area contributed by atoms with Gasteiger partial charge >= 0.3 is 6.18 Å². The second kappa shape index (κ2) is 6.45. The fourth-order valence-electron chi connectivity index (χ4n) is 26.0. The predicted molar refractivity (Wildman–Crippen MR) is 301 cm³/mol. The van der Waals surface area contributed by atoms with Gasteiger partial charge in [0, 0.05) is 17.5 Å². The van der Waals surface area contributed by atoms with Gasteiger partial charge in [-0.1, -0.05) is 30.3 Å². The van der Waals surface area contributed by atoms with Crippen LogP contribution in [-0.2, 0) is 10.8 Å². The van der Waals surface area contributed by atoms with E-state index < -0.39 is 23.0 Å². The van der Waals surface area contributed by atoms with Crippen molar-refractivity contribution in [3.63, 3.8) is 0 Å². The number of alkyl halides is 3. The maximum Gasteiger partial charge on any atom is 0.412 e. The fourth-order valence-corrected chi connectivity index (χ4v) is 26.0. The lowest BCUT2D eigenvalue weighted by molar-refractivity contribution is -0.165. The quantitative estimate of drug-likeness (QED) is 0.146. The molecule has 29 aromatic carbocycles. The molecule has 4 aliphatic carbocycles. The van der Waals surface area contributed by atoms with E-state index in [-0.39, 0.29) is 0 Å². The average Bonchev–Trinajstić information content (AvgIpc) is 3.76. The van der Waals surface area contributed by atoms with Crippen molar-refractivity contribution in [1.29, 1.82) is 0 Å². The Labute approximate surface area is 400 Å². The molecule has 29 aromatic rings. The predicted octanol–water partition coefficient (Wildman–Crippen LogP) is 19.1. The Kier molecular flexibility index (Phi) is 2.47. The number of halogens is 3. The van der Waals surface area contributed by atoms with Crippen LogP contribution in [0.1, 0.15) is 34.2 Å². The van der Waals surface area contributed by atoms with Crippen LogP contribution >= 0.6 is 0 Å². The Morgan fingerprint density at radius 1 is 0.284 bits per heavy atom. The molecule has 0 N–H and O–H groups in total. The molecule has 4 heteroatoms. The lowest BCUT2D eigenvalue weighted by Crippen LogP contribution is -2.64. The van der Waals surface area contributed by atoms with E-state index in [4.69, 9.17) is 4.99 Å². The lowest BCUT2D eigenvalue weighted by atomic mass is 9.43. The second-order valence-electron chi connectivity index (χ2n) is 26.5. The van der Waals surface area contributed by atoms with Crippen molar-refractivity contribution >= 4 is 297 Å². The third-order valence-electron chi connectivity index (χ3n) is 26.1. The normalized spacial score (nSPS) is 23.3. The number of hydrogen-bond donors (Lipinski definition) is 0. The molecule has 1 unspecified atom stereocenters. The highest BCUT2D eigenvalue weighted by molar-refractivity contribution is 6.82. The molecule has 0 fully saturated rings. The summed E-state index contributed by atoms with van der Waals surface area (Å²) in [6.07, 6.45) is -4.21. The van der Waals surface area contributed by atoms with Crippen molar-refractivity contribution < 1.29 is 13.2 Å². The van der Waals surface area contributed by atoms with Gasteiger partial charge in [-0.05, 0) is 319 Å². The van der Waals surface area contributed by atoms with Gasteiger partial charge in [-0.25, -0.2) is 0 Å².